The molecule has 4 heteroatoms. The van der Waals surface area contributed by atoms with E-state index in [4.69, 9.17) is 16.2 Å². The van der Waals surface area contributed by atoms with Gasteiger partial charge in [-0.15, -0.1) is 0 Å². The summed E-state index contributed by atoms with van der Waals surface area (Å²) in [5.74, 6) is -0.402. The maximum Gasteiger partial charge on any atom is 0.323 e. The molecule has 1 aromatic rings. The molecule has 0 radical (unpaired) electrons. The van der Waals surface area contributed by atoms with Crippen molar-refractivity contribution in [1.82, 2.24) is 0 Å². The van der Waals surface area contributed by atoms with Crippen LogP contribution >= 0.6 is 0 Å². The zero-order valence-corrected chi connectivity index (χ0v) is 9.43. The molecule has 0 aliphatic carbocycles. The predicted octanol–water partition coefficient (Wildman–Crippen LogP) is 0.794. The largest absolute Gasteiger partial charge is 0.460 e. The smallest absolute Gasteiger partial charge is 0.323 e. The van der Waals surface area contributed by atoms with Gasteiger partial charge < -0.3 is 16.2 Å². The minimum atomic E-state index is -0.635. The first-order valence-corrected chi connectivity index (χ1v) is 5.31. The van der Waals surface area contributed by atoms with Crippen LogP contribution in [-0.2, 0) is 16.1 Å². The fourth-order valence-corrected chi connectivity index (χ4v) is 1.33. The van der Waals surface area contributed by atoms with Gasteiger partial charge >= 0.3 is 5.97 Å². The van der Waals surface area contributed by atoms with Crippen LogP contribution < -0.4 is 11.5 Å². The Hall–Kier alpha value is -1.39. The molecule has 16 heavy (non-hydrogen) atoms. The Morgan fingerprint density at radius 3 is 2.50 bits per heavy atom. The monoisotopic (exact) mass is 222 g/mol. The van der Waals surface area contributed by atoms with Crippen LogP contribution in [0.2, 0.25) is 0 Å². The number of carbonyl (C=O) groups is 1. The Morgan fingerprint density at radius 2 is 1.94 bits per heavy atom. The van der Waals surface area contributed by atoms with Crippen molar-refractivity contribution >= 4 is 5.97 Å². The summed E-state index contributed by atoms with van der Waals surface area (Å²) in [7, 11) is 0. The van der Waals surface area contributed by atoms with Crippen molar-refractivity contribution in [1.29, 1.82) is 0 Å². The molecule has 1 rings (SSSR count). The van der Waals surface area contributed by atoms with Crippen LogP contribution in [0.4, 0.5) is 0 Å². The molecule has 0 aliphatic heterocycles. The first-order chi connectivity index (χ1) is 7.59. The number of carbonyl (C=O) groups excluding carboxylic acids is 1. The third kappa shape index (κ3) is 4.42. The number of hydrogen-bond acceptors (Lipinski definition) is 4. The van der Waals surface area contributed by atoms with Gasteiger partial charge in [0.05, 0.1) is 0 Å². The van der Waals surface area contributed by atoms with Crippen molar-refractivity contribution in [3.05, 3.63) is 35.9 Å². The first-order valence-electron chi connectivity index (χ1n) is 5.31. The van der Waals surface area contributed by atoms with E-state index < -0.39 is 12.0 Å². The normalized spacial score (nSPS) is 14.2. The summed E-state index contributed by atoms with van der Waals surface area (Å²) in [4.78, 5) is 11.4. The van der Waals surface area contributed by atoms with E-state index in [1.54, 1.807) is 0 Å². The highest BCUT2D eigenvalue weighted by molar-refractivity contribution is 5.75. The van der Waals surface area contributed by atoms with Gasteiger partial charge in [0.15, 0.2) is 0 Å². The Bertz CT molecular complexity index is 325. The highest BCUT2D eigenvalue weighted by atomic mass is 16.5. The van der Waals surface area contributed by atoms with E-state index in [2.05, 4.69) is 0 Å². The average molecular weight is 222 g/mol. The SMILES string of the molecule is CC(N)C[C@H](N)C(=O)OCc1ccccc1. The Morgan fingerprint density at radius 1 is 1.31 bits per heavy atom. The van der Waals surface area contributed by atoms with Crippen molar-refractivity contribution in [3.63, 3.8) is 0 Å². The summed E-state index contributed by atoms with van der Waals surface area (Å²) in [5.41, 5.74) is 12.1. The van der Waals surface area contributed by atoms with Crippen LogP contribution in [0.25, 0.3) is 0 Å². The van der Waals surface area contributed by atoms with Crippen LogP contribution in [0.3, 0.4) is 0 Å². The summed E-state index contributed by atoms with van der Waals surface area (Å²) in [6.45, 7) is 2.07. The molecule has 0 aliphatic rings. The van der Waals surface area contributed by atoms with Crippen molar-refractivity contribution in [2.75, 3.05) is 0 Å². The molecule has 0 saturated heterocycles. The molecule has 88 valence electrons. The summed E-state index contributed by atoms with van der Waals surface area (Å²) in [5, 5.41) is 0. The molecule has 0 heterocycles. The fraction of sp³-hybridized carbons (Fsp3) is 0.417. The molecule has 0 fully saturated rings. The molecular formula is C12H18N2O2. The van der Waals surface area contributed by atoms with Gasteiger partial charge in [-0.3, -0.25) is 4.79 Å². The van der Waals surface area contributed by atoms with Gasteiger partial charge in [-0.05, 0) is 18.9 Å². The second kappa shape index (κ2) is 6.25. The van der Waals surface area contributed by atoms with E-state index in [1.807, 2.05) is 37.3 Å². The number of hydrogen-bond donors (Lipinski definition) is 2. The standard InChI is InChI=1S/C12H18N2O2/c1-9(13)7-11(14)12(15)16-8-10-5-3-2-4-6-10/h2-6,9,11H,7-8,13-14H2,1H3/t9?,11-/m0/s1. The summed E-state index contributed by atoms with van der Waals surface area (Å²) < 4.78 is 5.07. The van der Waals surface area contributed by atoms with E-state index in [0.29, 0.717) is 6.42 Å². The third-order valence-corrected chi connectivity index (χ3v) is 2.15. The molecule has 0 aromatic heterocycles. The fourth-order valence-electron chi connectivity index (χ4n) is 1.33. The van der Waals surface area contributed by atoms with Crippen LogP contribution in [0.1, 0.15) is 18.9 Å². The first kappa shape index (κ1) is 12.7. The number of rotatable bonds is 5. The molecule has 0 spiro atoms. The third-order valence-electron chi connectivity index (χ3n) is 2.15. The average Bonchev–Trinajstić information content (AvgIpc) is 2.26. The van der Waals surface area contributed by atoms with Gasteiger partial charge in [-0.2, -0.15) is 0 Å². The van der Waals surface area contributed by atoms with Crippen LogP contribution in [-0.4, -0.2) is 18.1 Å². The van der Waals surface area contributed by atoms with E-state index in [9.17, 15) is 4.79 Å². The van der Waals surface area contributed by atoms with Gasteiger partial charge in [0.25, 0.3) is 0 Å². The number of ether oxygens (including phenoxy) is 1. The van der Waals surface area contributed by atoms with Crippen LogP contribution in [0.15, 0.2) is 30.3 Å². The lowest BCUT2D eigenvalue weighted by atomic mass is 10.1. The van der Waals surface area contributed by atoms with Gasteiger partial charge in [-0.1, -0.05) is 30.3 Å². The predicted molar refractivity (Wildman–Crippen MR) is 62.5 cm³/mol. The van der Waals surface area contributed by atoms with Crippen molar-refractivity contribution in [2.24, 2.45) is 11.5 Å². The molecule has 1 unspecified atom stereocenters. The van der Waals surface area contributed by atoms with E-state index in [0.717, 1.165) is 5.56 Å². The lowest BCUT2D eigenvalue weighted by Gasteiger charge is -2.13. The lowest BCUT2D eigenvalue weighted by molar-refractivity contribution is -0.146. The quantitative estimate of drug-likeness (QED) is 0.722. The zero-order valence-electron chi connectivity index (χ0n) is 9.43. The Labute approximate surface area is 95.6 Å². The minimum absolute atomic E-state index is 0.0979. The molecule has 4 N–H and O–H groups in total. The molecule has 0 amide bonds. The molecule has 2 atom stereocenters. The topological polar surface area (TPSA) is 78.3 Å². The van der Waals surface area contributed by atoms with Gasteiger partial charge in [0, 0.05) is 6.04 Å². The van der Waals surface area contributed by atoms with Crippen molar-refractivity contribution < 1.29 is 9.53 Å². The Kier molecular flexibility index (Phi) is 4.95. The number of nitrogens with two attached hydrogens (primary N) is 2. The lowest BCUT2D eigenvalue weighted by Crippen LogP contribution is -2.37. The summed E-state index contributed by atoms with van der Waals surface area (Å²) >= 11 is 0. The van der Waals surface area contributed by atoms with Crippen LogP contribution in [0.5, 0.6) is 0 Å². The summed E-state index contributed by atoms with van der Waals surface area (Å²) in [6.07, 6.45) is 0.438. The maximum absolute atomic E-state index is 11.4. The second-order valence-electron chi connectivity index (χ2n) is 3.91. The van der Waals surface area contributed by atoms with Crippen LogP contribution in [0, 0.1) is 0 Å². The van der Waals surface area contributed by atoms with Crippen molar-refractivity contribution in [2.45, 2.75) is 32.0 Å². The summed E-state index contributed by atoms with van der Waals surface area (Å²) in [6, 6.07) is 8.75. The zero-order chi connectivity index (χ0) is 12.0. The highest BCUT2D eigenvalue weighted by Gasteiger charge is 2.16. The number of esters is 1. The maximum atomic E-state index is 11.4. The molecule has 1 aromatic carbocycles. The van der Waals surface area contributed by atoms with Gasteiger partial charge in [0.2, 0.25) is 0 Å². The van der Waals surface area contributed by atoms with Gasteiger partial charge in [0.1, 0.15) is 12.6 Å². The molecule has 0 saturated carbocycles. The highest BCUT2D eigenvalue weighted by Crippen LogP contribution is 2.03. The van der Waals surface area contributed by atoms with Gasteiger partial charge in [-0.25, -0.2) is 0 Å². The molecular weight excluding hydrogens is 204 g/mol. The minimum Gasteiger partial charge on any atom is -0.460 e. The molecule has 0 bridgehead atoms. The van der Waals surface area contributed by atoms with E-state index in [1.165, 1.54) is 0 Å². The second-order valence-corrected chi connectivity index (χ2v) is 3.91. The van der Waals surface area contributed by atoms with E-state index >= 15 is 0 Å². The Balaban J connectivity index is 2.35. The number of benzene rings is 1. The van der Waals surface area contributed by atoms with Crippen molar-refractivity contribution in [3.8, 4) is 0 Å². The van der Waals surface area contributed by atoms with E-state index in [-0.39, 0.29) is 12.6 Å². The molecule has 4 nitrogen and oxygen atoms in total.